The van der Waals surface area contributed by atoms with Crippen LogP contribution in [0.1, 0.15) is 78.5 Å². The van der Waals surface area contributed by atoms with Gasteiger partial charge in [-0.05, 0) is 80.7 Å². The molecule has 3 rings (SSSR count). The number of carbonyl (C=O) groups is 1. The summed E-state index contributed by atoms with van der Waals surface area (Å²) in [6.45, 7) is 13.3. The maximum Gasteiger partial charge on any atom is 0.308 e. The highest BCUT2D eigenvalue weighted by atomic mass is 79.9. The summed E-state index contributed by atoms with van der Waals surface area (Å²) in [5.41, 5.74) is 2.63. The molecular formula is C27H34BrFN2O4. The van der Waals surface area contributed by atoms with E-state index in [0.29, 0.717) is 16.8 Å². The lowest BCUT2D eigenvalue weighted by atomic mass is 9.97. The van der Waals surface area contributed by atoms with E-state index in [4.69, 9.17) is 14.2 Å². The van der Waals surface area contributed by atoms with Crippen molar-refractivity contribution in [3.8, 4) is 11.3 Å². The van der Waals surface area contributed by atoms with Gasteiger partial charge in [-0.2, -0.15) is 0 Å². The van der Waals surface area contributed by atoms with E-state index in [2.05, 4.69) is 39.7 Å². The van der Waals surface area contributed by atoms with Crippen LogP contribution in [0, 0.1) is 5.82 Å². The average molecular weight is 549 g/mol. The van der Waals surface area contributed by atoms with Gasteiger partial charge in [0.05, 0.1) is 30.0 Å². The first-order chi connectivity index (χ1) is 16.2. The molecule has 8 heteroatoms. The lowest BCUT2D eigenvalue weighted by Gasteiger charge is -2.39. The largest absolute Gasteiger partial charge is 0.460 e. The molecule has 0 aliphatic carbocycles. The average Bonchev–Trinajstić information content (AvgIpc) is 2.70. The molecule has 0 amide bonds. The van der Waals surface area contributed by atoms with Crippen LogP contribution in [-0.2, 0) is 19.0 Å². The van der Waals surface area contributed by atoms with E-state index in [1.54, 1.807) is 12.1 Å². The van der Waals surface area contributed by atoms with Gasteiger partial charge in [-0.3, -0.25) is 4.79 Å². The zero-order valence-corrected chi connectivity index (χ0v) is 23.0. The van der Waals surface area contributed by atoms with Crippen molar-refractivity contribution >= 4 is 28.0 Å². The lowest BCUT2D eigenvalue weighted by molar-refractivity contribution is -0.290. The van der Waals surface area contributed by atoms with Crippen molar-refractivity contribution in [1.82, 2.24) is 9.97 Å². The second-order valence-electron chi connectivity index (χ2n) is 10.5. The van der Waals surface area contributed by atoms with Crippen molar-refractivity contribution in [3.05, 3.63) is 52.1 Å². The second-order valence-corrected chi connectivity index (χ2v) is 11.2. The molecule has 190 valence electrons. The molecule has 0 spiro atoms. The molecule has 1 aromatic carbocycles. The minimum Gasteiger partial charge on any atom is -0.460 e. The van der Waals surface area contributed by atoms with Crippen LogP contribution in [-0.4, -0.2) is 39.5 Å². The van der Waals surface area contributed by atoms with Crippen LogP contribution in [0.15, 0.2) is 35.1 Å². The van der Waals surface area contributed by atoms with Gasteiger partial charge >= 0.3 is 5.97 Å². The number of nitrogens with zero attached hydrogens (tertiary/aromatic N) is 2. The Morgan fingerprint density at radius 1 is 1.23 bits per heavy atom. The summed E-state index contributed by atoms with van der Waals surface area (Å²) >= 11 is 3.42. The van der Waals surface area contributed by atoms with E-state index in [0.717, 1.165) is 16.8 Å². The van der Waals surface area contributed by atoms with Crippen LogP contribution in [0.3, 0.4) is 0 Å². The number of halogens is 2. The maximum atomic E-state index is 13.6. The third kappa shape index (κ3) is 7.92. The number of rotatable bonds is 6. The molecule has 2 atom stereocenters. The van der Waals surface area contributed by atoms with E-state index < -0.39 is 11.4 Å². The predicted molar refractivity (Wildman–Crippen MR) is 137 cm³/mol. The van der Waals surface area contributed by atoms with Gasteiger partial charge in [0.15, 0.2) is 10.5 Å². The number of hydrogen-bond donors (Lipinski definition) is 0. The van der Waals surface area contributed by atoms with Gasteiger partial charge in [0.1, 0.15) is 11.4 Å². The molecule has 2 aromatic rings. The third-order valence-corrected chi connectivity index (χ3v) is 5.64. The molecule has 6 nitrogen and oxygen atoms in total. The smallest absolute Gasteiger partial charge is 0.308 e. The zero-order chi connectivity index (χ0) is 26.0. The molecule has 0 bridgehead atoms. The summed E-state index contributed by atoms with van der Waals surface area (Å²) < 4.78 is 31.6. The summed E-state index contributed by atoms with van der Waals surface area (Å²) in [5, 5.41) is 0. The molecule has 1 saturated heterocycles. The Kier molecular flexibility index (Phi) is 8.50. The highest BCUT2D eigenvalue weighted by molar-refractivity contribution is 9.10. The van der Waals surface area contributed by atoms with Crippen LogP contribution in [0.25, 0.3) is 17.3 Å². The zero-order valence-electron chi connectivity index (χ0n) is 21.4. The Bertz CT molecular complexity index is 1080. The maximum absolute atomic E-state index is 13.6. The standard InChI is InChI=1S/C27H34BrFN2O4/c1-16(2)23-21(24(31-25(28)30-23)17-8-10-18(29)11-9-17)13-12-19-14-20(34-27(6,7)33-19)15-22(32)35-26(3,4)5/h8-13,16,19-20H,14-15H2,1-7H3. The number of carbonyl (C=O) groups excluding carboxylic acids is 1. The van der Waals surface area contributed by atoms with E-state index >= 15 is 0 Å². The monoisotopic (exact) mass is 548 g/mol. The first-order valence-electron chi connectivity index (χ1n) is 11.8. The van der Waals surface area contributed by atoms with Crippen molar-refractivity contribution < 1.29 is 23.4 Å². The molecule has 1 aliphatic heterocycles. The molecule has 1 aromatic heterocycles. The van der Waals surface area contributed by atoms with E-state index in [9.17, 15) is 9.18 Å². The molecule has 0 radical (unpaired) electrons. The van der Waals surface area contributed by atoms with Crippen LogP contribution in [0.5, 0.6) is 0 Å². The molecule has 2 unspecified atom stereocenters. The van der Waals surface area contributed by atoms with E-state index in [1.165, 1.54) is 12.1 Å². The molecule has 1 fully saturated rings. The molecule has 1 aliphatic rings. The molecule has 35 heavy (non-hydrogen) atoms. The Balaban J connectivity index is 1.91. The first kappa shape index (κ1) is 27.4. The summed E-state index contributed by atoms with van der Waals surface area (Å²) in [4.78, 5) is 21.6. The molecule has 0 N–H and O–H groups in total. The summed E-state index contributed by atoms with van der Waals surface area (Å²) in [7, 11) is 0. The van der Waals surface area contributed by atoms with Gasteiger partial charge in [-0.15, -0.1) is 0 Å². The Morgan fingerprint density at radius 2 is 1.89 bits per heavy atom. The van der Waals surface area contributed by atoms with Crippen LogP contribution < -0.4 is 0 Å². The Hall–Kier alpha value is -2.16. The van der Waals surface area contributed by atoms with Crippen LogP contribution >= 0.6 is 15.9 Å². The Labute approximate surface area is 215 Å². The number of aromatic nitrogens is 2. The predicted octanol–water partition coefficient (Wildman–Crippen LogP) is 6.82. The minimum absolute atomic E-state index is 0.125. The fourth-order valence-corrected chi connectivity index (χ4v) is 4.42. The summed E-state index contributed by atoms with van der Waals surface area (Å²) in [6, 6.07) is 6.24. The van der Waals surface area contributed by atoms with Crippen LogP contribution in [0.2, 0.25) is 0 Å². The number of esters is 1. The third-order valence-electron chi connectivity index (χ3n) is 5.29. The number of benzene rings is 1. The lowest BCUT2D eigenvalue weighted by Crippen LogP contribution is -2.45. The van der Waals surface area contributed by atoms with Crippen molar-refractivity contribution in [2.24, 2.45) is 0 Å². The first-order valence-corrected chi connectivity index (χ1v) is 12.6. The highest BCUT2D eigenvalue weighted by Crippen LogP contribution is 2.33. The topological polar surface area (TPSA) is 70.5 Å². The summed E-state index contributed by atoms with van der Waals surface area (Å²) in [6.07, 6.45) is 3.92. The van der Waals surface area contributed by atoms with Gasteiger partial charge < -0.3 is 14.2 Å². The van der Waals surface area contributed by atoms with Crippen molar-refractivity contribution in [2.45, 2.75) is 90.8 Å². The van der Waals surface area contributed by atoms with Gasteiger partial charge in [0, 0.05) is 17.5 Å². The highest BCUT2D eigenvalue weighted by Gasteiger charge is 2.36. The SMILES string of the molecule is CC(C)c1nc(Br)nc(-c2ccc(F)cc2)c1C=CC1CC(CC(=O)OC(C)(C)C)OC(C)(C)O1. The minimum atomic E-state index is -0.864. The normalized spacial score (nSPS) is 20.4. The van der Waals surface area contributed by atoms with Crippen molar-refractivity contribution in [2.75, 3.05) is 0 Å². The van der Waals surface area contributed by atoms with Gasteiger partial charge in [0.25, 0.3) is 0 Å². The van der Waals surface area contributed by atoms with E-state index in [-0.39, 0.29) is 36.3 Å². The fourth-order valence-electron chi connectivity index (χ4n) is 4.06. The van der Waals surface area contributed by atoms with Gasteiger partial charge in [-0.25, -0.2) is 14.4 Å². The van der Waals surface area contributed by atoms with Crippen molar-refractivity contribution in [3.63, 3.8) is 0 Å². The number of ether oxygens (including phenoxy) is 3. The molecule has 0 saturated carbocycles. The van der Waals surface area contributed by atoms with E-state index in [1.807, 2.05) is 46.8 Å². The fraction of sp³-hybridized carbons (Fsp3) is 0.519. The number of hydrogen-bond acceptors (Lipinski definition) is 6. The molecule has 2 heterocycles. The summed E-state index contributed by atoms with van der Waals surface area (Å²) in [5.74, 6) is -1.35. The van der Waals surface area contributed by atoms with Crippen LogP contribution in [0.4, 0.5) is 4.39 Å². The molecular weight excluding hydrogens is 515 g/mol. The quantitative estimate of drug-likeness (QED) is 0.291. The van der Waals surface area contributed by atoms with Gasteiger partial charge in [0.2, 0.25) is 0 Å². The van der Waals surface area contributed by atoms with Gasteiger partial charge in [-0.1, -0.05) is 26.0 Å². The second kappa shape index (κ2) is 10.8. The van der Waals surface area contributed by atoms with Crippen molar-refractivity contribution in [1.29, 1.82) is 0 Å². The Morgan fingerprint density at radius 3 is 2.49 bits per heavy atom.